The van der Waals surface area contributed by atoms with Crippen molar-refractivity contribution in [1.82, 2.24) is 9.97 Å². The van der Waals surface area contributed by atoms with Crippen LogP contribution >= 0.6 is 23.4 Å². The highest BCUT2D eigenvalue weighted by Crippen LogP contribution is 2.36. The van der Waals surface area contributed by atoms with Crippen LogP contribution in [0.15, 0.2) is 52.4 Å². The molecule has 1 unspecified atom stereocenters. The normalized spacial score (nSPS) is 15.7. The molecule has 5 nitrogen and oxygen atoms in total. The van der Waals surface area contributed by atoms with Crippen molar-refractivity contribution in [3.05, 3.63) is 85.7 Å². The number of aromatic amines is 1. The summed E-state index contributed by atoms with van der Waals surface area (Å²) in [6.45, 7) is 4.03. The Morgan fingerprint density at radius 2 is 1.90 bits per heavy atom. The largest absolute Gasteiger partial charge is 0.310 e. The zero-order valence-electron chi connectivity index (χ0n) is 16.1. The Labute approximate surface area is 177 Å². The predicted molar refractivity (Wildman–Crippen MR) is 117 cm³/mol. The maximum atomic E-state index is 12.9. The first-order valence-electron chi connectivity index (χ1n) is 9.29. The van der Waals surface area contributed by atoms with Crippen LogP contribution in [0.25, 0.3) is 0 Å². The van der Waals surface area contributed by atoms with Crippen LogP contribution in [0.3, 0.4) is 0 Å². The third-order valence-electron chi connectivity index (χ3n) is 5.02. The van der Waals surface area contributed by atoms with Crippen molar-refractivity contribution in [3.63, 3.8) is 0 Å². The van der Waals surface area contributed by atoms with Crippen molar-refractivity contribution in [2.45, 2.75) is 37.1 Å². The van der Waals surface area contributed by atoms with E-state index in [1.54, 1.807) is 0 Å². The summed E-state index contributed by atoms with van der Waals surface area (Å²) in [5.74, 6) is 0.557. The van der Waals surface area contributed by atoms with Gasteiger partial charge in [0.15, 0.2) is 5.16 Å². The summed E-state index contributed by atoms with van der Waals surface area (Å²) in [4.78, 5) is 32.7. The van der Waals surface area contributed by atoms with Crippen LogP contribution in [0.5, 0.6) is 0 Å². The number of carbonyl (C=O) groups excluding carboxylic acids is 1. The number of thioether (sulfide) groups is 1. The lowest BCUT2D eigenvalue weighted by molar-refractivity contribution is -0.116. The van der Waals surface area contributed by atoms with Gasteiger partial charge in [-0.3, -0.25) is 9.59 Å². The summed E-state index contributed by atoms with van der Waals surface area (Å²) < 4.78 is 0. The first kappa shape index (κ1) is 19.7. The topological polar surface area (TPSA) is 74.8 Å². The van der Waals surface area contributed by atoms with E-state index in [2.05, 4.69) is 21.4 Å². The molecule has 2 heterocycles. The molecule has 0 spiro atoms. The van der Waals surface area contributed by atoms with Crippen LogP contribution < -0.4 is 10.9 Å². The van der Waals surface area contributed by atoms with Gasteiger partial charge in [-0.05, 0) is 42.7 Å². The fourth-order valence-electron chi connectivity index (χ4n) is 3.63. The van der Waals surface area contributed by atoms with Crippen LogP contribution in [0.2, 0.25) is 5.02 Å². The molecule has 1 aliphatic rings. The molecule has 0 fully saturated rings. The second-order valence-corrected chi connectivity index (χ2v) is 8.61. The highest BCUT2D eigenvalue weighted by Gasteiger charge is 2.31. The lowest BCUT2D eigenvalue weighted by Gasteiger charge is -2.25. The lowest BCUT2D eigenvalue weighted by Crippen LogP contribution is -2.31. The van der Waals surface area contributed by atoms with Gasteiger partial charge in [0, 0.05) is 23.1 Å². The summed E-state index contributed by atoms with van der Waals surface area (Å²) >= 11 is 7.33. The average Bonchev–Trinajstić information content (AvgIpc) is 2.66. The molecule has 0 saturated heterocycles. The number of H-pyrrole nitrogens is 1. The van der Waals surface area contributed by atoms with Gasteiger partial charge in [0.25, 0.3) is 5.56 Å². The number of halogens is 1. The van der Waals surface area contributed by atoms with E-state index in [1.165, 1.54) is 11.8 Å². The van der Waals surface area contributed by atoms with Crippen molar-refractivity contribution in [3.8, 4) is 0 Å². The fourth-order valence-corrected chi connectivity index (χ4v) is 4.58. The Morgan fingerprint density at radius 3 is 2.62 bits per heavy atom. The molecule has 29 heavy (non-hydrogen) atoms. The van der Waals surface area contributed by atoms with Gasteiger partial charge in [-0.15, -0.1) is 0 Å². The first-order chi connectivity index (χ1) is 13.9. The third kappa shape index (κ3) is 4.23. The Morgan fingerprint density at radius 1 is 1.14 bits per heavy atom. The number of anilines is 1. The van der Waals surface area contributed by atoms with Crippen molar-refractivity contribution >= 4 is 35.1 Å². The van der Waals surface area contributed by atoms with E-state index in [0.29, 0.717) is 27.3 Å². The molecule has 1 aromatic heterocycles. The summed E-state index contributed by atoms with van der Waals surface area (Å²) in [6, 6.07) is 13.6. The maximum absolute atomic E-state index is 12.9. The summed E-state index contributed by atoms with van der Waals surface area (Å²) in [7, 11) is 0. The van der Waals surface area contributed by atoms with E-state index in [4.69, 9.17) is 11.6 Å². The van der Waals surface area contributed by atoms with E-state index in [1.807, 2.05) is 50.2 Å². The Kier molecular flexibility index (Phi) is 5.48. The molecule has 2 N–H and O–H groups in total. The number of carbonyl (C=O) groups is 1. The molecular weight excluding hydrogens is 406 g/mol. The molecule has 3 aromatic rings. The van der Waals surface area contributed by atoms with E-state index < -0.39 is 0 Å². The predicted octanol–water partition coefficient (Wildman–Crippen LogP) is 4.81. The highest BCUT2D eigenvalue weighted by molar-refractivity contribution is 7.98. The molecule has 0 radical (unpaired) electrons. The lowest BCUT2D eigenvalue weighted by atomic mass is 9.84. The van der Waals surface area contributed by atoms with Crippen LogP contribution in [0.1, 0.15) is 40.2 Å². The van der Waals surface area contributed by atoms with Gasteiger partial charge in [0.1, 0.15) is 5.82 Å². The Bertz CT molecular complexity index is 1140. The molecule has 1 amide bonds. The van der Waals surface area contributed by atoms with Gasteiger partial charge < -0.3 is 10.3 Å². The third-order valence-corrected chi connectivity index (χ3v) is 6.22. The Balaban J connectivity index is 1.66. The number of nitrogens with one attached hydrogen (secondary N) is 2. The van der Waals surface area contributed by atoms with Crippen LogP contribution in [0.4, 0.5) is 5.82 Å². The second-order valence-electron chi connectivity index (χ2n) is 7.21. The number of amides is 1. The first-order valence-corrected chi connectivity index (χ1v) is 10.7. The number of rotatable bonds is 4. The van der Waals surface area contributed by atoms with Gasteiger partial charge >= 0.3 is 0 Å². The average molecular weight is 426 g/mol. The number of aromatic nitrogens is 2. The quantitative estimate of drug-likeness (QED) is 0.464. The van der Waals surface area contributed by atoms with Gasteiger partial charge in [-0.25, -0.2) is 4.98 Å². The second kappa shape index (κ2) is 8.05. The molecule has 1 aliphatic heterocycles. The van der Waals surface area contributed by atoms with Crippen molar-refractivity contribution < 1.29 is 4.79 Å². The van der Waals surface area contributed by atoms with Gasteiger partial charge in [-0.2, -0.15) is 0 Å². The van der Waals surface area contributed by atoms with E-state index in [9.17, 15) is 9.59 Å². The fraction of sp³-hybridized carbons (Fsp3) is 0.227. The van der Waals surface area contributed by atoms with E-state index in [0.717, 1.165) is 22.3 Å². The van der Waals surface area contributed by atoms with Crippen LogP contribution in [-0.2, 0) is 10.5 Å². The SMILES string of the molecule is Cc1ccc(C2CC(=O)Nc3nc(SCc4ccc(Cl)cc4)[nH]c(=O)c32)c(C)c1. The van der Waals surface area contributed by atoms with E-state index in [-0.39, 0.29) is 23.8 Å². The number of benzene rings is 2. The van der Waals surface area contributed by atoms with Crippen molar-refractivity contribution in [1.29, 1.82) is 0 Å². The molecule has 4 rings (SSSR count). The van der Waals surface area contributed by atoms with Crippen molar-refractivity contribution in [2.75, 3.05) is 5.32 Å². The van der Waals surface area contributed by atoms with Gasteiger partial charge in [0.2, 0.25) is 5.91 Å². The minimum absolute atomic E-state index is 0.130. The summed E-state index contributed by atoms with van der Waals surface area (Å²) in [5, 5.41) is 3.93. The molecule has 2 aromatic carbocycles. The van der Waals surface area contributed by atoms with Gasteiger partial charge in [-0.1, -0.05) is 59.3 Å². The zero-order chi connectivity index (χ0) is 20.5. The smallest absolute Gasteiger partial charge is 0.257 e. The zero-order valence-corrected chi connectivity index (χ0v) is 17.7. The molecular formula is C22H20ClN3O2S. The van der Waals surface area contributed by atoms with Crippen LogP contribution in [0, 0.1) is 13.8 Å². The van der Waals surface area contributed by atoms with Crippen molar-refractivity contribution in [2.24, 2.45) is 0 Å². The molecule has 0 aliphatic carbocycles. The summed E-state index contributed by atoms with van der Waals surface area (Å²) in [6.07, 6.45) is 0.235. The minimum atomic E-state index is -0.300. The van der Waals surface area contributed by atoms with Gasteiger partial charge in [0.05, 0.1) is 5.56 Å². The van der Waals surface area contributed by atoms with E-state index >= 15 is 0 Å². The number of aryl methyl sites for hydroxylation is 2. The molecule has 1 atom stereocenters. The molecule has 0 bridgehead atoms. The standard InChI is InChI=1S/C22H20ClN3O2S/c1-12-3-8-16(13(2)9-12)17-10-18(27)24-20-19(17)21(28)26-22(25-20)29-11-14-4-6-15(23)7-5-14/h3-9,17H,10-11H2,1-2H3,(H2,24,25,26,27,28). The minimum Gasteiger partial charge on any atom is -0.310 e. The Hall–Kier alpha value is -2.57. The highest BCUT2D eigenvalue weighted by atomic mass is 35.5. The molecule has 0 saturated carbocycles. The summed E-state index contributed by atoms with van der Waals surface area (Å²) in [5.41, 5.74) is 4.58. The number of nitrogens with zero attached hydrogens (tertiary/aromatic N) is 1. The molecule has 7 heteroatoms. The maximum Gasteiger partial charge on any atom is 0.257 e. The van der Waals surface area contributed by atoms with Crippen LogP contribution in [-0.4, -0.2) is 15.9 Å². The number of fused-ring (bicyclic) bond motifs is 1. The number of hydrogen-bond acceptors (Lipinski definition) is 4. The molecule has 148 valence electrons. The number of hydrogen-bond donors (Lipinski definition) is 2. The monoisotopic (exact) mass is 425 g/mol.